The van der Waals surface area contributed by atoms with Gasteiger partial charge in [0, 0.05) is 5.56 Å². The van der Waals surface area contributed by atoms with Gasteiger partial charge in [-0.15, -0.1) is 10.2 Å². The summed E-state index contributed by atoms with van der Waals surface area (Å²) in [4.78, 5) is 24.5. The number of aryl methyl sites for hydroxylation is 3. The summed E-state index contributed by atoms with van der Waals surface area (Å²) >= 11 is 0. The second-order valence-electron chi connectivity index (χ2n) is 8.16. The number of aromatic amines is 1. The van der Waals surface area contributed by atoms with Gasteiger partial charge in [0.05, 0.1) is 16.9 Å². The van der Waals surface area contributed by atoms with Gasteiger partial charge in [0.1, 0.15) is 5.69 Å². The predicted molar refractivity (Wildman–Crippen MR) is 135 cm³/mol. The third kappa shape index (κ3) is 4.63. The van der Waals surface area contributed by atoms with E-state index in [-0.39, 0.29) is 28.2 Å². The molecule has 0 atom stereocenters. The van der Waals surface area contributed by atoms with Crippen molar-refractivity contribution < 1.29 is 15.0 Å². The van der Waals surface area contributed by atoms with Crippen molar-refractivity contribution in [2.45, 2.75) is 33.6 Å². The smallest absolute Gasteiger partial charge is 0.335 e. The molecule has 0 unspecified atom stereocenters. The molecule has 0 aliphatic heterocycles. The minimum Gasteiger partial charge on any atom is -0.505 e. The average Bonchev–Trinajstić information content (AvgIpc) is 3.18. The van der Waals surface area contributed by atoms with Gasteiger partial charge in [-0.25, -0.2) is 9.48 Å². The molecule has 3 aromatic carbocycles. The Kier molecular flexibility index (Phi) is 6.64. The summed E-state index contributed by atoms with van der Waals surface area (Å²) in [6.07, 6.45) is 1.45. The fourth-order valence-electron chi connectivity index (χ4n) is 3.99. The zero-order valence-electron chi connectivity index (χ0n) is 19.7. The number of aromatic hydroxyl groups is 1. The number of carboxylic acid groups (broad SMARTS) is 1. The number of nitrogens with zero attached hydrogens (tertiary/aromatic N) is 3. The highest BCUT2D eigenvalue weighted by molar-refractivity contribution is 5.90. The van der Waals surface area contributed by atoms with Crippen LogP contribution in [0.2, 0.25) is 0 Å². The molecule has 0 saturated carbocycles. The van der Waals surface area contributed by atoms with Gasteiger partial charge in [-0.2, -0.15) is 0 Å². The van der Waals surface area contributed by atoms with Crippen molar-refractivity contribution in [3.63, 3.8) is 0 Å². The highest BCUT2D eigenvalue weighted by Gasteiger charge is 2.16. The summed E-state index contributed by atoms with van der Waals surface area (Å²) < 4.78 is 1.45. The van der Waals surface area contributed by atoms with E-state index in [9.17, 15) is 19.8 Å². The normalized spacial score (nSPS) is 11.3. The fraction of sp³-hybridized carbons (Fsp3) is 0.185. The molecule has 35 heavy (non-hydrogen) atoms. The summed E-state index contributed by atoms with van der Waals surface area (Å²) in [5.41, 5.74) is 4.71. The van der Waals surface area contributed by atoms with Crippen LogP contribution in [0.4, 0.5) is 11.4 Å². The van der Waals surface area contributed by atoms with Crippen LogP contribution >= 0.6 is 0 Å². The van der Waals surface area contributed by atoms with Crippen LogP contribution < -0.4 is 5.56 Å². The fourth-order valence-corrected chi connectivity index (χ4v) is 3.99. The molecule has 3 N–H and O–H groups in total. The molecular weight excluding hydrogens is 444 g/mol. The minimum absolute atomic E-state index is 0.108. The van der Waals surface area contributed by atoms with E-state index in [2.05, 4.69) is 22.3 Å². The average molecular weight is 471 g/mol. The lowest BCUT2D eigenvalue weighted by Crippen LogP contribution is -2.14. The second-order valence-corrected chi connectivity index (χ2v) is 8.16. The molecule has 0 radical (unpaired) electrons. The summed E-state index contributed by atoms with van der Waals surface area (Å²) in [5, 5.41) is 31.6. The van der Waals surface area contributed by atoms with Crippen molar-refractivity contribution in [2.75, 3.05) is 0 Å². The third-order valence-corrected chi connectivity index (χ3v) is 5.95. The van der Waals surface area contributed by atoms with Crippen LogP contribution in [0.3, 0.4) is 0 Å². The number of para-hydroxylation sites is 1. The first-order chi connectivity index (χ1) is 16.8. The zero-order valence-corrected chi connectivity index (χ0v) is 19.7. The van der Waals surface area contributed by atoms with E-state index >= 15 is 0 Å². The van der Waals surface area contributed by atoms with E-state index in [1.165, 1.54) is 22.4 Å². The first kappa shape index (κ1) is 23.7. The lowest BCUT2D eigenvalue weighted by molar-refractivity contribution is 0.0697. The molecule has 8 nitrogen and oxygen atoms in total. The monoisotopic (exact) mass is 470 g/mol. The standard InChI is InChI=1S/C27H26N4O4/c1-4-17-12-13-20(14-16(17)3)31-26(33)24(22(5-2)30-31)29-28-23-11-7-10-21(25(23)32)18-8-6-9-19(15-18)27(34)35/h6-15,30,32H,4-5H2,1-3H3,(H,34,35). The molecular formula is C27H26N4O4. The molecule has 0 aliphatic carbocycles. The van der Waals surface area contributed by atoms with Crippen LogP contribution in [-0.2, 0) is 12.8 Å². The van der Waals surface area contributed by atoms with E-state index in [1.54, 1.807) is 30.3 Å². The van der Waals surface area contributed by atoms with Crippen LogP contribution in [0.25, 0.3) is 16.8 Å². The van der Waals surface area contributed by atoms with Gasteiger partial charge in [0.25, 0.3) is 5.56 Å². The van der Waals surface area contributed by atoms with E-state index in [1.807, 2.05) is 32.0 Å². The number of aromatic nitrogens is 2. The van der Waals surface area contributed by atoms with Gasteiger partial charge in [-0.3, -0.25) is 9.89 Å². The molecule has 178 valence electrons. The summed E-state index contributed by atoms with van der Waals surface area (Å²) in [6, 6.07) is 17.1. The first-order valence-corrected chi connectivity index (χ1v) is 11.3. The maximum Gasteiger partial charge on any atom is 0.335 e. The van der Waals surface area contributed by atoms with E-state index in [0.29, 0.717) is 28.9 Å². The summed E-state index contributed by atoms with van der Waals surface area (Å²) in [6.45, 7) is 6.01. The maximum atomic E-state index is 13.2. The van der Waals surface area contributed by atoms with Crippen molar-refractivity contribution >= 4 is 17.3 Å². The zero-order chi connectivity index (χ0) is 25.1. The molecule has 1 aromatic heterocycles. The van der Waals surface area contributed by atoms with Gasteiger partial charge >= 0.3 is 5.97 Å². The van der Waals surface area contributed by atoms with Crippen molar-refractivity contribution in [2.24, 2.45) is 10.2 Å². The number of hydrogen-bond acceptors (Lipinski definition) is 5. The highest BCUT2D eigenvalue weighted by atomic mass is 16.4. The summed E-state index contributed by atoms with van der Waals surface area (Å²) in [5.74, 6) is -1.21. The number of carboxylic acids is 1. The van der Waals surface area contributed by atoms with Gasteiger partial charge in [0.2, 0.25) is 0 Å². The number of hydrogen-bond donors (Lipinski definition) is 3. The Morgan fingerprint density at radius 3 is 2.46 bits per heavy atom. The van der Waals surface area contributed by atoms with Crippen molar-refractivity contribution in [1.82, 2.24) is 9.78 Å². The number of H-pyrrole nitrogens is 1. The Balaban J connectivity index is 1.73. The minimum atomic E-state index is -1.06. The van der Waals surface area contributed by atoms with Crippen molar-refractivity contribution in [1.29, 1.82) is 0 Å². The lowest BCUT2D eigenvalue weighted by atomic mass is 10.0. The molecule has 0 saturated heterocycles. The number of phenols is 1. The van der Waals surface area contributed by atoms with Crippen LogP contribution in [0.15, 0.2) is 75.7 Å². The molecule has 0 aliphatic rings. The number of benzene rings is 3. The molecule has 8 heteroatoms. The Bertz CT molecular complexity index is 1500. The predicted octanol–water partition coefficient (Wildman–Crippen LogP) is 6.09. The van der Waals surface area contributed by atoms with Crippen LogP contribution in [-0.4, -0.2) is 26.0 Å². The molecule has 0 spiro atoms. The van der Waals surface area contributed by atoms with Crippen LogP contribution in [0, 0.1) is 6.92 Å². The number of azo groups is 1. The van der Waals surface area contributed by atoms with Gasteiger partial charge in [-0.1, -0.05) is 44.2 Å². The van der Waals surface area contributed by atoms with Crippen molar-refractivity contribution in [3.05, 3.63) is 93.4 Å². The quantitative estimate of drug-likeness (QED) is 0.283. The van der Waals surface area contributed by atoms with Crippen molar-refractivity contribution in [3.8, 4) is 22.6 Å². The highest BCUT2D eigenvalue weighted by Crippen LogP contribution is 2.38. The maximum absolute atomic E-state index is 13.2. The lowest BCUT2D eigenvalue weighted by Gasteiger charge is -2.07. The van der Waals surface area contributed by atoms with Gasteiger partial charge in [0.15, 0.2) is 11.4 Å². The molecule has 4 rings (SSSR count). The molecule has 0 bridgehead atoms. The SMILES string of the molecule is CCc1ccc(-n2[nH]c(CC)c(N=Nc3cccc(-c4cccc(C(=O)O)c4)c3O)c2=O)cc1C. The van der Waals surface area contributed by atoms with E-state index < -0.39 is 5.97 Å². The number of nitrogens with one attached hydrogen (secondary N) is 1. The Labute approximate surface area is 202 Å². The summed E-state index contributed by atoms with van der Waals surface area (Å²) in [7, 11) is 0. The van der Waals surface area contributed by atoms with Gasteiger partial charge < -0.3 is 10.2 Å². The number of phenolic OH excluding ortho intramolecular Hbond substituents is 1. The first-order valence-electron chi connectivity index (χ1n) is 11.3. The molecule has 1 heterocycles. The second kappa shape index (κ2) is 9.80. The topological polar surface area (TPSA) is 120 Å². The van der Waals surface area contributed by atoms with Crippen LogP contribution in [0.5, 0.6) is 5.75 Å². The third-order valence-electron chi connectivity index (χ3n) is 5.95. The Morgan fingerprint density at radius 1 is 1.00 bits per heavy atom. The Hall–Kier alpha value is -4.46. The molecule has 0 fully saturated rings. The number of aromatic carboxylic acids is 1. The largest absolute Gasteiger partial charge is 0.505 e. The number of rotatable bonds is 7. The van der Waals surface area contributed by atoms with E-state index in [4.69, 9.17) is 0 Å². The van der Waals surface area contributed by atoms with Crippen LogP contribution in [0.1, 0.15) is 41.0 Å². The molecule has 0 amide bonds. The number of carbonyl (C=O) groups is 1. The Morgan fingerprint density at radius 2 is 1.77 bits per heavy atom. The van der Waals surface area contributed by atoms with Gasteiger partial charge in [-0.05, 0) is 66.8 Å². The van der Waals surface area contributed by atoms with E-state index in [0.717, 1.165) is 12.0 Å². The molecule has 4 aromatic rings.